The molecule has 3 aromatic rings. The van der Waals surface area contributed by atoms with E-state index in [4.69, 9.17) is 9.84 Å². The van der Waals surface area contributed by atoms with Crippen LogP contribution in [0.1, 0.15) is 17.5 Å². The monoisotopic (exact) mass is 294 g/mol. The van der Waals surface area contributed by atoms with Gasteiger partial charge in [0.25, 0.3) is 0 Å². The SMILES string of the molecule is COc1ccc(CN2CCCc3cc4nccn4nc32)cc1. The highest BCUT2D eigenvalue weighted by atomic mass is 16.5. The van der Waals surface area contributed by atoms with Crippen LogP contribution in [-0.2, 0) is 13.0 Å². The van der Waals surface area contributed by atoms with Crippen molar-refractivity contribution in [1.82, 2.24) is 14.6 Å². The number of ether oxygens (including phenoxy) is 1. The molecule has 0 saturated carbocycles. The van der Waals surface area contributed by atoms with Crippen LogP contribution in [-0.4, -0.2) is 28.3 Å². The molecule has 0 saturated heterocycles. The molecule has 1 aliphatic rings. The molecule has 0 amide bonds. The van der Waals surface area contributed by atoms with E-state index in [-0.39, 0.29) is 0 Å². The van der Waals surface area contributed by atoms with Crippen molar-refractivity contribution in [2.24, 2.45) is 0 Å². The minimum Gasteiger partial charge on any atom is -0.497 e. The van der Waals surface area contributed by atoms with Crippen LogP contribution in [0.5, 0.6) is 5.75 Å². The minimum absolute atomic E-state index is 0.865. The molecule has 0 fully saturated rings. The van der Waals surface area contributed by atoms with E-state index in [0.717, 1.165) is 43.1 Å². The molecule has 1 aromatic carbocycles. The number of aryl methyl sites for hydroxylation is 1. The highest BCUT2D eigenvalue weighted by Crippen LogP contribution is 2.27. The molecule has 0 unspecified atom stereocenters. The van der Waals surface area contributed by atoms with E-state index in [2.05, 4.69) is 28.1 Å². The van der Waals surface area contributed by atoms with Crippen molar-refractivity contribution in [3.05, 3.63) is 53.9 Å². The summed E-state index contributed by atoms with van der Waals surface area (Å²) in [6.07, 6.45) is 5.92. The highest BCUT2D eigenvalue weighted by Gasteiger charge is 2.20. The summed E-state index contributed by atoms with van der Waals surface area (Å²) in [6, 6.07) is 10.4. The van der Waals surface area contributed by atoms with Crippen molar-refractivity contribution < 1.29 is 4.74 Å². The van der Waals surface area contributed by atoms with Gasteiger partial charge in [-0.05, 0) is 36.6 Å². The first-order valence-corrected chi connectivity index (χ1v) is 7.54. The quantitative estimate of drug-likeness (QED) is 0.745. The summed E-state index contributed by atoms with van der Waals surface area (Å²) >= 11 is 0. The summed E-state index contributed by atoms with van der Waals surface area (Å²) in [4.78, 5) is 6.67. The molecule has 5 nitrogen and oxygen atoms in total. The van der Waals surface area contributed by atoms with Crippen LogP contribution in [0.3, 0.4) is 0 Å². The third kappa shape index (κ3) is 2.28. The zero-order chi connectivity index (χ0) is 14.9. The van der Waals surface area contributed by atoms with E-state index in [9.17, 15) is 0 Å². The molecule has 0 bridgehead atoms. The third-order valence-electron chi connectivity index (χ3n) is 4.15. The summed E-state index contributed by atoms with van der Waals surface area (Å²) in [5.41, 5.74) is 3.48. The van der Waals surface area contributed by atoms with Gasteiger partial charge in [-0.3, -0.25) is 0 Å². The van der Waals surface area contributed by atoms with Crippen LogP contribution in [0, 0.1) is 0 Å². The number of hydrogen-bond acceptors (Lipinski definition) is 4. The summed E-state index contributed by atoms with van der Waals surface area (Å²) < 4.78 is 7.07. The lowest BCUT2D eigenvalue weighted by Gasteiger charge is -2.30. The topological polar surface area (TPSA) is 42.7 Å². The van der Waals surface area contributed by atoms with Crippen LogP contribution in [0.4, 0.5) is 5.82 Å². The first-order valence-electron chi connectivity index (χ1n) is 7.54. The molecule has 2 aromatic heterocycles. The van der Waals surface area contributed by atoms with E-state index >= 15 is 0 Å². The molecule has 0 atom stereocenters. The Morgan fingerprint density at radius 1 is 1.23 bits per heavy atom. The lowest BCUT2D eigenvalue weighted by Crippen LogP contribution is -2.30. The molecule has 0 N–H and O–H groups in total. The van der Waals surface area contributed by atoms with E-state index in [0.29, 0.717) is 0 Å². The Morgan fingerprint density at radius 3 is 2.91 bits per heavy atom. The highest BCUT2D eigenvalue weighted by molar-refractivity contribution is 5.55. The molecule has 4 rings (SSSR count). The average molecular weight is 294 g/mol. The zero-order valence-electron chi connectivity index (χ0n) is 12.6. The van der Waals surface area contributed by atoms with Gasteiger partial charge in [-0.15, -0.1) is 5.10 Å². The van der Waals surface area contributed by atoms with Gasteiger partial charge in [0, 0.05) is 31.0 Å². The second-order valence-corrected chi connectivity index (χ2v) is 5.60. The fourth-order valence-corrected chi connectivity index (χ4v) is 3.00. The largest absolute Gasteiger partial charge is 0.497 e. The zero-order valence-corrected chi connectivity index (χ0v) is 12.6. The van der Waals surface area contributed by atoms with Gasteiger partial charge in [0.15, 0.2) is 11.5 Å². The number of benzene rings is 1. The standard InChI is InChI=1S/C17H18N4O/c1-22-15-6-4-13(5-7-15)12-20-9-2-3-14-11-16-18-8-10-21(16)19-17(14)20/h4-8,10-11H,2-3,9,12H2,1H3. The van der Waals surface area contributed by atoms with Crippen LogP contribution in [0.2, 0.25) is 0 Å². The predicted molar refractivity (Wildman–Crippen MR) is 85.4 cm³/mol. The maximum atomic E-state index is 5.22. The predicted octanol–water partition coefficient (Wildman–Crippen LogP) is 2.69. The fourth-order valence-electron chi connectivity index (χ4n) is 3.00. The third-order valence-corrected chi connectivity index (χ3v) is 4.15. The molecule has 5 heteroatoms. The van der Waals surface area contributed by atoms with Crippen LogP contribution < -0.4 is 9.64 Å². The summed E-state index contributed by atoms with van der Waals surface area (Å²) in [7, 11) is 1.69. The summed E-state index contributed by atoms with van der Waals surface area (Å²) in [5, 5.41) is 4.74. The second-order valence-electron chi connectivity index (χ2n) is 5.60. The van der Waals surface area contributed by atoms with E-state index in [1.165, 1.54) is 11.1 Å². The molecule has 0 aliphatic carbocycles. The lowest BCUT2D eigenvalue weighted by atomic mass is 10.1. The first-order chi connectivity index (χ1) is 10.8. The lowest BCUT2D eigenvalue weighted by molar-refractivity contribution is 0.414. The van der Waals surface area contributed by atoms with Gasteiger partial charge in [-0.1, -0.05) is 12.1 Å². The summed E-state index contributed by atoms with van der Waals surface area (Å²) in [5.74, 6) is 1.97. The van der Waals surface area contributed by atoms with Crippen LogP contribution in [0.15, 0.2) is 42.7 Å². The van der Waals surface area contributed by atoms with Crippen molar-refractivity contribution in [3.8, 4) is 5.75 Å². The number of aromatic nitrogens is 3. The van der Waals surface area contributed by atoms with Crippen LogP contribution in [0.25, 0.3) is 5.65 Å². The Balaban J connectivity index is 1.65. The number of rotatable bonds is 3. The number of nitrogens with zero attached hydrogens (tertiary/aromatic N) is 4. The summed E-state index contributed by atoms with van der Waals surface area (Å²) in [6.45, 7) is 1.90. The van der Waals surface area contributed by atoms with E-state index in [1.54, 1.807) is 13.3 Å². The molecule has 112 valence electrons. The number of hydrogen-bond donors (Lipinski definition) is 0. The maximum Gasteiger partial charge on any atom is 0.153 e. The molecule has 1 aliphatic heterocycles. The molecule has 0 spiro atoms. The van der Waals surface area contributed by atoms with Gasteiger partial charge >= 0.3 is 0 Å². The average Bonchev–Trinajstić information content (AvgIpc) is 3.01. The van der Waals surface area contributed by atoms with Gasteiger partial charge in [0.2, 0.25) is 0 Å². The van der Waals surface area contributed by atoms with Gasteiger partial charge in [-0.2, -0.15) is 0 Å². The maximum absolute atomic E-state index is 5.22. The number of imidazole rings is 1. The van der Waals surface area contributed by atoms with Crippen molar-refractivity contribution >= 4 is 11.5 Å². The van der Waals surface area contributed by atoms with Gasteiger partial charge in [0.1, 0.15) is 5.75 Å². The smallest absolute Gasteiger partial charge is 0.153 e. The Morgan fingerprint density at radius 2 is 2.09 bits per heavy atom. The van der Waals surface area contributed by atoms with Crippen molar-refractivity contribution in [2.45, 2.75) is 19.4 Å². The van der Waals surface area contributed by atoms with Crippen LogP contribution >= 0.6 is 0 Å². The number of methoxy groups -OCH3 is 1. The molecule has 3 heterocycles. The Bertz CT molecular complexity index is 794. The second kappa shape index (κ2) is 5.33. The van der Waals surface area contributed by atoms with Crippen molar-refractivity contribution in [1.29, 1.82) is 0 Å². The molecular weight excluding hydrogens is 276 g/mol. The fraction of sp³-hybridized carbons (Fsp3) is 0.294. The molecule has 0 radical (unpaired) electrons. The Labute approximate surface area is 129 Å². The minimum atomic E-state index is 0.865. The number of anilines is 1. The molecule has 22 heavy (non-hydrogen) atoms. The van der Waals surface area contributed by atoms with E-state index < -0.39 is 0 Å². The Hall–Kier alpha value is -2.56. The normalized spacial score (nSPS) is 14.1. The number of fused-ring (bicyclic) bond motifs is 2. The first kappa shape index (κ1) is 13.1. The Kier molecular flexibility index (Phi) is 3.18. The van der Waals surface area contributed by atoms with Gasteiger partial charge in [-0.25, -0.2) is 9.50 Å². The van der Waals surface area contributed by atoms with Crippen molar-refractivity contribution in [2.75, 3.05) is 18.6 Å². The van der Waals surface area contributed by atoms with Crippen molar-refractivity contribution in [3.63, 3.8) is 0 Å². The molecular formula is C17H18N4O. The van der Waals surface area contributed by atoms with Gasteiger partial charge in [0.05, 0.1) is 7.11 Å². The van der Waals surface area contributed by atoms with E-state index in [1.807, 2.05) is 22.8 Å². The van der Waals surface area contributed by atoms with Gasteiger partial charge < -0.3 is 9.64 Å².